The predicted molar refractivity (Wildman–Crippen MR) is 115 cm³/mol. The lowest BCUT2D eigenvalue weighted by molar-refractivity contribution is -0.115. The smallest absolute Gasteiger partial charge is 0.238 e. The van der Waals surface area contributed by atoms with E-state index in [1.807, 2.05) is 38.1 Å². The summed E-state index contributed by atoms with van der Waals surface area (Å²) in [5.41, 5.74) is 5.55. The van der Waals surface area contributed by atoms with Gasteiger partial charge in [-0.2, -0.15) is 0 Å². The fraction of sp³-hybridized carbons (Fsp3) is 0.261. The molecule has 0 spiro atoms. The SMILES string of the molecule is CCc1ccc(C(NCC(=O)Nc2c(C)cccc2C)c2cccs2)cc1. The monoisotopic (exact) mass is 378 g/mol. The minimum atomic E-state index is -0.0286. The van der Waals surface area contributed by atoms with E-state index in [-0.39, 0.29) is 18.5 Å². The van der Waals surface area contributed by atoms with Crippen LogP contribution in [0.2, 0.25) is 0 Å². The number of hydrogen-bond donors (Lipinski definition) is 2. The zero-order chi connectivity index (χ0) is 19.2. The molecule has 27 heavy (non-hydrogen) atoms. The number of rotatable bonds is 7. The van der Waals surface area contributed by atoms with Gasteiger partial charge in [-0.1, -0.05) is 55.5 Å². The number of amides is 1. The second-order valence-corrected chi connectivity index (χ2v) is 7.72. The molecule has 0 fully saturated rings. The number of carbonyl (C=O) groups is 1. The van der Waals surface area contributed by atoms with Gasteiger partial charge in [-0.3, -0.25) is 10.1 Å². The normalized spacial score (nSPS) is 12.0. The minimum Gasteiger partial charge on any atom is -0.324 e. The molecule has 0 saturated heterocycles. The van der Waals surface area contributed by atoms with Gasteiger partial charge in [-0.25, -0.2) is 0 Å². The fourth-order valence-electron chi connectivity index (χ4n) is 3.17. The van der Waals surface area contributed by atoms with Crippen LogP contribution < -0.4 is 10.6 Å². The highest BCUT2D eigenvalue weighted by Crippen LogP contribution is 2.26. The summed E-state index contributed by atoms with van der Waals surface area (Å²) in [5, 5.41) is 8.55. The third-order valence-electron chi connectivity index (χ3n) is 4.76. The third kappa shape index (κ3) is 4.85. The molecule has 140 valence electrons. The van der Waals surface area contributed by atoms with Crippen LogP contribution in [0.4, 0.5) is 5.69 Å². The number of anilines is 1. The Balaban J connectivity index is 1.72. The standard InChI is InChI=1S/C23H26N2OS/c1-4-18-10-12-19(13-11-18)23(20-9-6-14-27-20)24-15-21(26)25-22-16(2)7-5-8-17(22)3/h5-14,23-24H,4,15H2,1-3H3,(H,25,26). The van der Waals surface area contributed by atoms with Gasteiger partial charge in [0.2, 0.25) is 5.91 Å². The van der Waals surface area contributed by atoms with Crippen molar-refractivity contribution in [2.45, 2.75) is 33.2 Å². The molecule has 1 amide bonds. The van der Waals surface area contributed by atoms with Gasteiger partial charge >= 0.3 is 0 Å². The van der Waals surface area contributed by atoms with Crippen molar-refractivity contribution in [1.82, 2.24) is 5.32 Å². The van der Waals surface area contributed by atoms with Gasteiger partial charge < -0.3 is 5.32 Å². The van der Waals surface area contributed by atoms with Gasteiger partial charge in [-0.15, -0.1) is 11.3 Å². The summed E-state index contributed by atoms with van der Waals surface area (Å²) in [6.45, 7) is 6.44. The molecule has 0 saturated carbocycles. The van der Waals surface area contributed by atoms with Crippen LogP contribution in [0.1, 0.15) is 40.1 Å². The Morgan fingerprint density at radius 2 is 1.70 bits per heavy atom. The summed E-state index contributed by atoms with van der Waals surface area (Å²) >= 11 is 1.70. The molecule has 2 aromatic carbocycles. The largest absolute Gasteiger partial charge is 0.324 e. The summed E-state index contributed by atoms with van der Waals surface area (Å²) < 4.78 is 0. The first-order valence-corrected chi connectivity index (χ1v) is 10.2. The Bertz CT molecular complexity index is 865. The maximum atomic E-state index is 12.6. The first-order valence-electron chi connectivity index (χ1n) is 9.30. The van der Waals surface area contributed by atoms with Crippen LogP contribution in [-0.4, -0.2) is 12.5 Å². The lowest BCUT2D eigenvalue weighted by Crippen LogP contribution is -2.32. The molecule has 1 aromatic heterocycles. The van der Waals surface area contributed by atoms with Crippen molar-refractivity contribution in [3.05, 3.63) is 87.1 Å². The Hall–Kier alpha value is -2.43. The summed E-state index contributed by atoms with van der Waals surface area (Å²) in [7, 11) is 0. The molecule has 0 aliphatic rings. The van der Waals surface area contributed by atoms with E-state index in [1.54, 1.807) is 11.3 Å². The number of carbonyl (C=O) groups excluding carboxylic acids is 1. The van der Waals surface area contributed by atoms with Crippen molar-refractivity contribution in [2.24, 2.45) is 0 Å². The molecule has 3 nitrogen and oxygen atoms in total. The molecule has 1 unspecified atom stereocenters. The molecular formula is C23H26N2OS. The highest BCUT2D eigenvalue weighted by molar-refractivity contribution is 7.10. The van der Waals surface area contributed by atoms with Gasteiger partial charge in [0.15, 0.2) is 0 Å². The number of aryl methyl sites for hydroxylation is 3. The average molecular weight is 379 g/mol. The van der Waals surface area contributed by atoms with Crippen molar-refractivity contribution >= 4 is 22.9 Å². The first kappa shape index (κ1) is 19.3. The number of benzene rings is 2. The zero-order valence-corrected chi connectivity index (χ0v) is 16.9. The second-order valence-electron chi connectivity index (χ2n) is 6.74. The van der Waals surface area contributed by atoms with Gasteiger partial charge in [0.05, 0.1) is 12.6 Å². The van der Waals surface area contributed by atoms with E-state index in [0.29, 0.717) is 0 Å². The van der Waals surface area contributed by atoms with Gasteiger partial charge in [0.1, 0.15) is 0 Å². The van der Waals surface area contributed by atoms with Crippen molar-refractivity contribution in [3.8, 4) is 0 Å². The Labute approximate surface area is 165 Å². The van der Waals surface area contributed by atoms with Crippen LogP contribution in [0.25, 0.3) is 0 Å². The predicted octanol–water partition coefficient (Wildman–Crippen LogP) is 5.25. The second kappa shape index (κ2) is 8.98. The van der Waals surface area contributed by atoms with Gasteiger partial charge in [0, 0.05) is 10.6 Å². The first-order chi connectivity index (χ1) is 13.1. The molecule has 1 atom stereocenters. The Morgan fingerprint density at radius 3 is 2.30 bits per heavy atom. The summed E-state index contributed by atoms with van der Waals surface area (Å²) in [4.78, 5) is 13.8. The Kier molecular flexibility index (Phi) is 6.43. The molecule has 0 radical (unpaired) electrons. The van der Waals surface area contributed by atoms with E-state index in [0.717, 1.165) is 23.2 Å². The molecule has 2 N–H and O–H groups in total. The van der Waals surface area contributed by atoms with Crippen molar-refractivity contribution in [1.29, 1.82) is 0 Å². The summed E-state index contributed by atoms with van der Waals surface area (Å²) in [5.74, 6) is -0.0286. The molecule has 3 aromatic rings. The van der Waals surface area contributed by atoms with Crippen LogP contribution in [0.15, 0.2) is 60.0 Å². The lowest BCUT2D eigenvalue weighted by atomic mass is 10.0. The average Bonchev–Trinajstić information content (AvgIpc) is 3.20. The topological polar surface area (TPSA) is 41.1 Å². The number of thiophene rings is 1. The van der Waals surface area contributed by atoms with Crippen LogP contribution in [0.3, 0.4) is 0 Å². The summed E-state index contributed by atoms with van der Waals surface area (Å²) in [6.07, 6.45) is 1.02. The van der Waals surface area contributed by atoms with E-state index in [1.165, 1.54) is 16.0 Å². The number of hydrogen-bond acceptors (Lipinski definition) is 3. The van der Waals surface area contributed by atoms with Crippen LogP contribution in [0.5, 0.6) is 0 Å². The highest BCUT2D eigenvalue weighted by Gasteiger charge is 2.16. The maximum absolute atomic E-state index is 12.6. The summed E-state index contributed by atoms with van der Waals surface area (Å²) in [6, 6.07) is 18.8. The molecule has 1 heterocycles. The van der Waals surface area contributed by atoms with E-state index in [2.05, 4.69) is 53.3 Å². The highest BCUT2D eigenvalue weighted by atomic mass is 32.1. The molecular weight excluding hydrogens is 352 g/mol. The quantitative estimate of drug-likeness (QED) is 0.590. The van der Waals surface area contributed by atoms with Crippen molar-refractivity contribution in [3.63, 3.8) is 0 Å². The van der Waals surface area contributed by atoms with E-state index < -0.39 is 0 Å². The fourth-order valence-corrected chi connectivity index (χ4v) is 4.00. The molecule has 4 heteroatoms. The molecule has 0 bridgehead atoms. The number of para-hydroxylation sites is 1. The Morgan fingerprint density at radius 1 is 1.00 bits per heavy atom. The van der Waals surface area contributed by atoms with E-state index in [4.69, 9.17) is 0 Å². The van der Waals surface area contributed by atoms with Crippen LogP contribution >= 0.6 is 11.3 Å². The molecule has 0 aliphatic carbocycles. The third-order valence-corrected chi connectivity index (χ3v) is 5.70. The maximum Gasteiger partial charge on any atom is 0.238 e. The van der Waals surface area contributed by atoms with Crippen LogP contribution in [0, 0.1) is 13.8 Å². The number of nitrogens with one attached hydrogen (secondary N) is 2. The molecule has 3 rings (SSSR count). The van der Waals surface area contributed by atoms with Crippen molar-refractivity contribution < 1.29 is 4.79 Å². The van der Waals surface area contributed by atoms with Gasteiger partial charge in [-0.05, 0) is 54.0 Å². The zero-order valence-electron chi connectivity index (χ0n) is 16.1. The molecule has 0 aliphatic heterocycles. The van der Waals surface area contributed by atoms with Crippen LogP contribution in [-0.2, 0) is 11.2 Å². The minimum absolute atomic E-state index is 0.0135. The lowest BCUT2D eigenvalue weighted by Gasteiger charge is -2.19. The van der Waals surface area contributed by atoms with Crippen molar-refractivity contribution in [2.75, 3.05) is 11.9 Å². The van der Waals surface area contributed by atoms with Gasteiger partial charge in [0.25, 0.3) is 0 Å². The van der Waals surface area contributed by atoms with E-state index in [9.17, 15) is 4.79 Å². The van der Waals surface area contributed by atoms with E-state index >= 15 is 0 Å².